The highest BCUT2D eigenvalue weighted by Gasteiger charge is 2.22. The quantitative estimate of drug-likeness (QED) is 0.844. The van der Waals surface area contributed by atoms with Gasteiger partial charge in [-0.15, -0.1) is 11.3 Å². The predicted molar refractivity (Wildman–Crippen MR) is 92.5 cm³/mol. The van der Waals surface area contributed by atoms with Crippen molar-refractivity contribution in [3.05, 3.63) is 51.5 Å². The molecular weight excluding hydrogens is 324 g/mol. The van der Waals surface area contributed by atoms with Crippen LogP contribution in [0.15, 0.2) is 29.6 Å². The number of benzene rings is 1. The topological polar surface area (TPSA) is 79.3 Å². The fraction of sp³-hybridized carbons (Fsp3) is 0.389. The van der Waals surface area contributed by atoms with Crippen LogP contribution in [0.3, 0.4) is 0 Å². The normalized spacial score (nSPS) is 16.4. The molecule has 0 bridgehead atoms. The van der Waals surface area contributed by atoms with E-state index in [9.17, 15) is 9.59 Å². The van der Waals surface area contributed by atoms with Gasteiger partial charge < -0.3 is 10.4 Å². The van der Waals surface area contributed by atoms with Gasteiger partial charge in [0.1, 0.15) is 0 Å². The van der Waals surface area contributed by atoms with Gasteiger partial charge in [-0.25, -0.2) is 9.78 Å². The number of carbonyl (C=O) groups excluding carboxylic acids is 1. The summed E-state index contributed by atoms with van der Waals surface area (Å²) in [6.07, 6.45) is 4.36. The number of nitrogens with one attached hydrogen (secondary N) is 1. The van der Waals surface area contributed by atoms with Gasteiger partial charge in [0.25, 0.3) is 0 Å². The first-order valence-corrected chi connectivity index (χ1v) is 9.03. The maximum Gasteiger partial charge on any atom is 0.355 e. The first-order chi connectivity index (χ1) is 11.6. The van der Waals surface area contributed by atoms with E-state index in [2.05, 4.69) is 28.5 Å². The molecule has 0 spiro atoms. The van der Waals surface area contributed by atoms with Gasteiger partial charge in [-0.2, -0.15) is 0 Å². The van der Waals surface area contributed by atoms with Crippen LogP contribution in [-0.2, 0) is 17.6 Å². The molecule has 1 aromatic heterocycles. The lowest BCUT2D eigenvalue weighted by Gasteiger charge is -2.25. The van der Waals surface area contributed by atoms with Gasteiger partial charge in [-0.05, 0) is 36.3 Å². The smallest absolute Gasteiger partial charge is 0.355 e. The summed E-state index contributed by atoms with van der Waals surface area (Å²) in [6, 6.07) is 8.38. The number of amides is 1. The molecule has 5 nitrogen and oxygen atoms in total. The van der Waals surface area contributed by atoms with E-state index in [-0.39, 0.29) is 11.6 Å². The number of fused-ring (bicyclic) bond motifs is 1. The van der Waals surface area contributed by atoms with Gasteiger partial charge >= 0.3 is 5.97 Å². The summed E-state index contributed by atoms with van der Waals surface area (Å²) in [4.78, 5) is 27.0. The molecule has 0 aliphatic heterocycles. The third-order valence-electron chi connectivity index (χ3n) is 4.36. The summed E-state index contributed by atoms with van der Waals surface area (Å²) in [7, 11) is 0. The molecular formula is C18H20N2O3S. The standard InChI is InChI=1S/C18H20N2O3S/c21-16(19-9-8-17-20-15(11-24-17)18(22)23)10-13-6-3-5-12-4-1-2-7-14(12)13/h1-2,4,7,11,13H,3,5-6,8-10H2,(H,19,21)(H,22,23). The van der Waals surface area contributed by atoms with E-state index in [1.165, 1.54) is 27.8 Å². The summed E-state index contributed by atoms with van der Waals surface area (Å²) >= 11 is 1.31. The second kappa shape index (κ2) is 7.57. The zero-order chi connectivity index (χ0) is 16.9. The highest BCUT2D eigenvalue weighted by atomic mass is 32.1. The van der Waals surface area contributed by atoms with Crippen LogP contribution in [0.1, 0.15) is 51.8 Å². The van der Waals surface area contributed by atoms with Crippen LogP contribution in [0.5, 0.6) is 0 Å². The molecule has 6 heteroatoms. The number of rotatable bonds is 6. The summed E-state index contributed by atoms with van der Waals surface area (Å²) in [6.45, 7) is 0.486. The third-order valence-corrected chi connectivity index (χ3v) is 5.27. The van der Waals surface area contributed by atoms with Crippen molar-refractivity contribution in [1.82, 2.24) is 10.3 Å². The van der Waals surface area contributed by atoms with Crippen LogP contribution in [0.4, 0.5) is 0 Å². The number of carboxylic acids is 1. The number of aromatic nitrogens is 1. The molecule has 0 fully saturated rings. The molecule has 2 N–H and O–H groups in total. The van der Waals surface area contributed by atoms with Gasteiger partial charge in [0.05, 0.1) is 5.01 Å². The molecule has 1 unspecified atom stereocenters. The highest BCUT2D eigenvalue weighted by Crippen LogP contribution is 2.33. The van der Waals surface area contributed by atoms with Crippen molar-refractivity contribution in [2.75, 3.05) is 6.54 Å². The Kier molecular flexibility index (Phi) is 5.25. The number of aryl methyl sites for hydroxylation is 1. The van der Waals surface area contributed by atoms with E-state index in [1.807, 2.05) is 6.07 Å². The molecule has 1 aliphatic rings. The number of carboxylic acid groups (broad SMARTS) is 1. The predicted octanol–water partition coefficient (Wildman–Crippen LogP) is 3.01. The van der Waals surface area contributed by atoms with Crippen molar-refractivity contribution in [2.24, 2.45) is 0 Å². The average molecular weight is 344 g/mol. The molecule has 0 radical (unpaired) electrons. The fourth-order valence-electron chi connectivity index (χ4n) is 3.20. The van der Waals surface area contributed by atoms with E-state index < -0.39 is 5.97 Å². The Morgan fingerprint density at radius 1 is 1.33 bits per heavy atom. The average Bonchev–Trinajstić information content (AvgIpc) is 3.04. The van der Waals surface area contributed by atoms with Crippen LogP contribution in [0.25, 0.3) is 0 Å². The van der Waals surface area contributed by atoms with Crippen molar-refractivity contribution in [3.63, 3.8) is 0 Å². The van der Waals surface area contributed by atoms with Crippen LogP contribution in [0.2, 0.25) is 0 Å². The Morgan fingerprint density at radius 2 is 2.17 bits per heavy atom. The lowest BCUT2D eigenvalue weighted by Crippen LogP contribution is -2.28. The monoisotopic (exact) mass is 344 g/mol. The summed E-state index contributed by atoms with van der Waals surface area (Å²) in [5.74, 6) is -0.669. The molecule has 0 saturated heterocycles. The van der Waals surface area contributed by atoms with Crippen LogP contribution in [0, 0.1) is 0 Å². The van der Waals surface area contributed by atoms with E-state index in [1.54, 1.807) is 0 Å². The Bertz CT molecular complexity index is 741. The molecule has 0 saturated carbocycles. The molecule has 1 heterocycles. The van der Waals surface area contributed by atoms with Crippen LogP contribution >= 0.6 is 11.3 Å². The lowest BCUT2D eigenvalue weighted by molar-refractivity contribution is -0.121. The second-order valence-corrected chi connectivity index (χ2v) is 6.97. The van der Waals surface area contributed by atoms with Gasteiger partial charge in [0.15, 0.2) is 5.69 Å². The molecule has 1 aliphatic carbocycles. The fourth-order valence-corrected chi connectivity index (χ4v) is 3.97. The largest absolute Gasteiger partial charge is 0.476 e. The second-order valence-electron chi connectivity index (χ2n) is 6.02. The molecule has 1 atom stereocenters. The Morgan fingerprint density at radius 3 is 2.96 bits per heavy atom. The van der Waals surface area contributed by atoms with Crippen molar-refractivity contribution < 1.29 is 14.7 Å². The van der Waals surface area contributed by atoms with Gasteiger partial charge in [0.2, 0.25) is 5.91 Å². The lowest BCUT2D eigenvalue weighted by atomic mass is 9.81. The van der Waals surface area contributed by atoms with Crippen LogP contribution < -0.4 is 5.32 Å². The Balaban J connectivity index is 1.49. The summed E-state index contributed by atoms with van der Waals surface area (Å²) < 4.78 is 0. The number of nitrogens with zero attached hydrogens (tertiary/aromatic N) is 1. The molecule has 1 aromatic carbocycles. The van der Waals surface area contributed by atoms with E-state index in [4.69, 9.17) is 5.11 Å². The summed E-state index contributed by atoms with van der Waals surface area (Å²) in [5.41, 5.74) is 2.75. The molecule has 24 heavy (non-hydrogen) atoms. The maximum atomic E-state index is 12.2. The minimum absolute atomic E-state index is 0.0479. The van der Waals surface area contributed by atoms with Gasteiger partial charge in [-0.3, -0.25) is 4.79 Å². The van der Waals surface area contributed by atoms with Gasteiger partial charge in [-0.1, -0.05) is 24.3 Å². The zero-order valence-electron chi connectivity index (χ0n) is 13.3. The van der Waals surface area contributed by atoms with Crippen molar-refractivity contribution in [3.8, 4) is 0 Å². The summed E-state index contributed by atoms with van der Waals surface area (Å²) in [5, 5.41) is 14.0. The minimum Gasteiger partial charge on any atom is -0.476 e. The van der Waals surface area contributed by atoms with E-state index in [0.717, 1.165) is 24.3 Å². The number of hydrogen-bond donors (Lipinski definition) is 2. The minimum atomic E-state index is -1.02. The first kappa shape index (κ1) is 16.6. The van der Waals surface area contributed by atoms with E-state index >= 15 is 0 Å². The number of hydrogen-bond acceptors (Lipinski definition) is 4. The third kappa shape index (κ3) is 4.00. The highest BCUT2D eigenvalue weighted by molar-refractivity contribution is 7.09. The van der Waals surface area contributed by atoms with Crippen molar-refractivity contribution in [1.29, 1.82) is 0 Å². The SMILES string of the molecule is O=C(CC1CCCc2ccccc21)NCCc1nc(C(=O)O)cs1. The van der Waals surface area contributed by atoms with Gasteiger partial charge in [0, 0.05) is 24.8 Å². The Hall–Kier alpha value is -2.21. The number of aromatic carboxylic acids is 1. The van der Waals surface area contributed by atoms with Crippen molar-refractivity contribution in [2.45, 2.75) is 38.0 Å². The molecule has 1 amide bonds. The maximum absolute atomic E-state index is 12.2. The van der Waals surface area contributed by atoms with E-state index in [0.29, 0.717) is 25.3 Å². The van der Waals surface area contributed by atoms with Crippen LogP contribution in [-0.4, -0.2) is 28.5 Å². The molecule has 2 aromatic rings. The molecule has 3 rings (SSSR count). The van der Waals surface area contributed by atoms with Crippen molar-refractivity contribution >= 4 is 23.2 Å². The Labute approximate surface area is 144 Å². The number of thiazole rings is 1. The molecule has 126 valence electrons. The first-order valence-electron chi connectivity index (χ1n) is 8.15. The zero-order valence-corrected chi connectivity index (χ0v) is 14.1. The number of carbonyl (C=O) groups is 2.